The first-order valence-electron chi connectivity index (χ1n) is 10.9. The van der Waals surface area contributed by atoms with Gasteiger partial charge in [-0.15, -0.1) is 0 Å². The van der Waals surface area contributed by atoms with Crippen LogP contribution in [0.25, 0.3) is 5.76 Å². The second-order valence-electron chi connectivity index (χ2n) is 8.27. The smallest absolute Gasteiger partial charge is 0.295 e. The second kappa shape index (κ2) is 10.9. The molecule has 2 N–H and O–H groups in total. The predicted molar refractivity (Wildman–Crippen MR) is 131 cm³/mol. The number of phenolic OH excluding ortho intramolecular Hbond substituents is 1. The first-order chi connectivity index (χ1) is 16.6. The number of benzene rings is 2. The summed E-state index contributed by atoms with van der Waals surface area (Å²) in [7, 11) is 8.20. The summed E-state index contributed by atoms with van der Waals surface area (Å²) in [4.78, 5) is 29.7. The first-order valence-corrected chi connectivity index (χ1v) is 11.2. The lowest BCUT2D eigenvalue weighted by molar-refractivity contribution is -0.139. The minimum atomic E-state index is -0.968. The van der Waals surface area contributed by atoms with E-state index in [1.807, 2.05) is 19.0 Å². The highest BCUT2D eigenvalue weighted by Crippen LogP contribution is 2.46. The van der Waals surface area contributed by atoms with Gasteiger partial charge >= 0.3 is 0 Å². The van der Waals surface area contributed by atoms with Crippen LogP contribution in [0.2, 0.25) is 5.02 Å². The molecule has 0 saturated carbocycles. The highest BCUT2D eigenvalue weighted by atomic mass is 35.5. The molecule has 2 aromatic carbocycles. The summed E-state index contributed by atoms with van der Waals surface area (Å²) in [6, 6.07) is 6.37. The summed E-state index contributed by atoms with van der Waals surface area (Å²) in [5, 5.41) is 21.8. The summed E-state index contributed by atoms with van der Waals surface area (Å²) in [6.07, 6.45) is 0.587. The van der Waals surface area contributed by atoms with E-state index in [2.05, 4.69) is 0 Å². The van der Waals surface area contributed by atoms with Crippen molar-refractivity contribution in [3.63, 3.8) is 0 Å². The number of carbonyl (C=O) groups excluding carboxylic acids is 2. The Kier molecular flexibility index (Phi) is 8.14. The Bertz CT molecular complexity index is 1140. The molecule has 2 aromatic rings. The zero-order chi connectivity index (χ0) is 25.9. The van der Waals surface area contributed by atoms with E-state index in [1.165, 1.54) is 44.4 Å². The molecule has 0 aromatic heterocycles. The van der Waals surface area contributed by atoms with Crippen molar-refractivity contribution in [1.29, 1.82) is 0 Å². The van der Waals surface area contributed by atoms with Gasteiger partial charge < -0.3 is 34.2 Å². The lowest BCUT2D eigenvalue weighted by Crippen LogP contribution is -2.32. The van der Waals surface area contributed by atoms with Crippen LogP contribution in [0.15, 0.2) is 35.9 Å². The number of likely N-dealkylation sites (tertiary alicyclic amines) is 1. The van der Waals surface area contributed by atoms with E-state index in [9.17, 15) is 19.8 Å². The second-order valence-corrected chi connectivity index (χ2v) is 8.71. The van der Waals surface area contributed by atoms with Gasteiger partial charge in [0.15, 0.2) is 11.5 Å². The highest BCUT2D eigenvalue weighted by Gasteiger charge is 2.46. The van der Waals surface area contributed by atoms with E-state index in [-0.39, 0.29) is 28.5 Å². The summed E-state index contributed by atoms with van der Waals surface area (Å²) < 4.78 is 16.3. The Labute approximate surface area is 209 Å². The number of aliphatic hydroxyl groups is 1. The molecule has 35 heavy (non-hydrogen) atoms. The maximum atomic E-state index is 13.2. The molecule has 3 rings (SSSR count). The fourth-order valence-corrected chi connectivity index (χ4v) is 4.29. The van der Waals surface area contributed by atoms with Crippen molar-refractivity contribution < 1.29 is 34.0 Å². The number of methoxy groups -OCH3 is 3. The van der Waals surface area contributed by atoms with Gasteiger partial charge in [-0.25, -0.2) is 0 Å². The Morgan fingerprint density at radius 3 is 2.23 bits per heavy atom. The number of hydrogen-bond donors (Lipinski definition) is 2. The normalized spacial score (nSPS) is 17.2. The molecule has 1 aliphatic heterocycles. The molecular weight excluding hydrogens is 476 g/mol. The number of halogens is 1. The molecule has 1 fully saturated rings. The van der Waals surface area contributed by atoms with Crippen molar-refractivity contribution in [3.8, 4) is 23.0 Å². The zero-order valence-electron chi connectivity index (χ0n) is 20.3. The Hall–Kier alpha value is -3.43. The fourth-order valence-electron chi connectivity index (χ4n) is 4.12. The van der Waals surface area contributed by atoms with Gasteiger partial charge in [0.2, 0.25) is 5.75 Å². The van der Waals surface area contributed by atoms with Crippen molar-refractivity contribution in [1.82, 2.24) is 9.80 Å². The number of amides is 1. The summed E-state index contributed by atoms with van der Waals surface area (Å²) in [5.74, 6) is -1.45. The minimum Gasteiger partial charge on any atom is -0.507 e. The van der Waals surface area contributed by atoms with Crippen LogP contribution < -0.4 is 14.2 Å². The molecule has 1 heterocycles. The monoisotopic (exact) mass is 504 g/mol. The van der Waals surface area contributed by atoms with Gasteiger partial charge in [0.05, 0.1) is 38.5 Å². The largest absolute Gasteiger partial charge is 0.507 e. The Morgan fingerprint density at radius 1 is 1.06 bits per heavy atom. The fraction of sp³-hybridized carbons (Fsp3) is 0.360. The number of phenols is 1. The van der Waals surface area contributed by atoms with Crippen molar-refractivity contribution >= 4 is 29.1 Å². The van der Waals surface area contributed by atoms with Gasteiger partial charge in [0.25, 0.3) is 11.7 Å². The highest BCUT2D eigenvalue weighted by molar-refractivity contribution is 6.46. The van der Waals surface area contributed by atoms with Gasteiger partial charge in [-0.3, -0.25) is 9.59 Å². The quantitative estimate of drug-likeness (QED) is 0.304. The average molecular weight is 505 g/mol. The molecule has 1 unspecified atom stereocenters. The van der Waals surface area contributed by atoms with E-state index < -0.39 is 23.5 Å². The molecule has 9 nitrogen and oxygen atoms in total. The van der Waals surface area contributed by atoms with Crippen molar-refractivity contribution in [3.05, 3.63) is 52.1 Å². The standard InChI is InChI=1S/C25H29ClN2O7/c1-27(2)9-6-10-28-21(14-11-18(33-3)24(35-5)19(12-14)34-4)20(23(31)25(28)32)22(30)16-13-15(26)7-8-17(16)29/h7-8,11-13,21,29-30H,6,9-10H2,1-5H3. The average Bonchev–Trinajstić information content (AvgIpc) is 3.08. The topological polar surface area (TPSA) is 109 Å². The van der Waals surface area contributed by atoms with Crippen LogP contribution in [0, 0.1) is 0 Å². The number of nitrogens with zero attached hydrogens (tertiary/aromatic N) is 2. The van der Waals surface area contributed by atoms with Gasteiger partial charge in [-0.05, 0) is 63.0 Å². The third kappa shape index (κ3) is 5.16. The minimum absolute atomic E-state index is 0.0544. The van der Waals surface area contributed by atoms with Crippen molar-refractivity contribution in [2.75, 3.05) is 48.5 Å². The molecule has 1 aliphatic rings. The van der Waals surface area contributed by atoms with Crippen molar-refractivity contribution in [2.24, 2.45) is 0 Å². The van der Waals surface area contributed by atoms with Crippen molar-refractivity contribution in [2.45, 2.75) is 12.5 Å². The van der Waals surface area contributed by atoms with Gasteiger partial charge in [0, 0.05) is 11.6 Å². The number of rotatable bonds is 9. The molecule has 0 radical (unpaired) electrons. The molecule has 1 amide bonds. The molecule has 1 atom stereocenters. The molecule has 0 spiro atoms. The number of aromatic hydroxyl groups is 1. The number of aliphatic hydroxyl groups excluding tert-OH is 1. The Morgan fingerprint density at radius 2 is 1.69 bits per heavy atom. The van der Waals surface area contributed by atoms with Gasteiger partial charge in [-0.1, -0.05) is 11.6 Å². The van der Waals surface area contributed by atoms with Crippen LogP contribution in [-0.2, 0) is 9.59 Å². The lowest BCUT2D eigenvalue weighted by atomic mass is 9.94. The van der Waals surface area contributed by atoms with Crippen LogP contribution in [0.4, 0.5) is 0 Å². The number of ketones is 1. The molecule has 0 bridgehead atoms. The number of Topliss-reactive ketones (excluding diaryl/α,β-unsaturated/α-hetero) is 1. The van der Waals surface area contributed by atoms with E-state index in [1.54, 1.807) is 12.1 Å². The van der Waals surface area contributed by atoms with Crippen LogP contribution in [0.5, 0.6) is 23.0 Å². The van der Waals surface area contributed by atoms with Crippen LogP contribution in [0.3, 0.4) is 0 Å². The van der Waals surface area contributed by atoms with Gasteiger partial charge in [-0.2, -0.15) is 0 Å². The lowest BCUT2D eigenvalue weighted by Gasteiger charge is -2.27. The van der Waals surface area contributed by atoms with Gasteiger partial charge in [0.1, 0.15) is 11.5 Å². The molecule has 0 aliphatic carbocycles. The third-order valence-electron chi connectivity index (χ3n) is 5.76. The molecule has 1 saturated heterocycles. The van der Waals surface area contributed by atoms with Crippen LogP contribution >= 0.6 is 11.6 Å². The summed E-state index contributed by atoms with van der Waals surface area (Å²) in [5.41, 5.74) is 0.236. The maximum absolute atomic E-state index is 13.2. The molecule has 10 heteroatoms. The van der Waals surface area contributed by atoms with E-state index >= 15 is 0 Å². The van der Waals surface area contributed by atoms with Crippen LogP contribution in [0.1, 0.15) is 23.6 Å². The SMILES string of the molecule is COc1cc(C2C(=C(O)c3cc(Cl)ccc3O)C(=O)C(=O)N2CCCN(C)C)cc(OC)c1OC. The number of ether oxygens (including phenoxy) is 3. The summed E-state index contributed by atoms with van der Waals surface area (Å²) in [6.45, 7) is 0.933. The summed E-state index contributed by atoms with van der Waals surface area (Å²) >= 11 is 6.07. The van der Waals surface area contributed by atoms with E-state index in [0.29, 0.717) is 35.8 Å². The van der Waals surface area contributed by atoms with E-state index in [4.69, 9.17) is 25.8 Å². The molecule has 188 valence electrons. The zero-order valence-corrected chi connectivity index (χ0v) is 21.0. The predicted octanol–water partition coefficient (Wildman–Crippen LogP) is 3.44. The van der Waals surface area contributed by atoms with Crippen LogP contribution in [-0.4, -0.2) is 80.2 Å². The first kappa shape index (κ1) is 26.2. The maximum Gasteiger partial charge on any atom is 0.295 e. The Balaban J connectivity index is 2.26. The number of hydrogen-bond acceptors (Lipinski definition) is 8. The third-order valence-corrected chi connectivity index (χ3v) is 6.00. The molecular formula is C25H29ClN2O7. The van der Waals surface area contributed by atoms with E-state index in [0.717, 1.165) is 0 Å². The number of carbonyl (C=O) groups is 2.